The summed E-state index contributed by atoms with van der Waals surface area (Å²) in [4.78, 5) is 1.34. The maximum Gasteiger partial charge on any atom is 0.00693 e. The van der Waals surface area contributed by atoms with Crippen molar-refractivity contribution in [1.29, 1.82) is 0 Å². The van der Waals surface area contributed by atoms with E-state index in [1.54, 1.807) is 11.8 Å². The van der Waals surface area contributed by atoms with Crippen molar-refractivity contribution in [2.45, 2.75) is 32.1 Å². The molecule has 0 atom stereocenters. The molecule has 1 aromatic carbocycles. The van der Waals surface area contributed by atoms with Crippen LogP contribution in [0.5, 0.6) is 0 Å². The normalized spacial score (nSPS) is 8.67. The number of thioether (sulfide) groups is 1. The largest absolute Gasteiger partial charge is 0.130 e. The van der Waals surface area contributed by atoms with E-state index in [1.165, 1.54) is 10.5 Å². The molecule has 0 aromatic heterocycles. The summed E-state index contributed by atoms with van der Waals surface area (Å²) in [7, 11) is 0. The molecule has 0 N–H and O–H groups in total. The van der Waals surface area contributed by atoms with Gasteiger partial charge in [0.25, 0.3) is 0 Å². The monoisotopic (exact) mass is 182 g/mol. The van der Waals surface area contributed by atoms with E-state index in [4.69, 9.17) is 0 Å². The number of hydrogen-bond donors (Lipinski definition) is 0. The van der Waals surface area contributed by atoms with Crippen LogP contribution in [0.15, 0.2) is 29.2 Å². The van der Waals surface area contributed by atoms with E-state index in [0.29, 0.717) is 0 Å². The van der Waals surface area contributed by atoms with Gasteiger partial charge >= 0.3 is 0 Å². The standard InChI is InChI=1S/C9H12S.C2H6/c1-3-8-4-6-9(10-2)7-5-8;1-2/h4-7H,3H2,1-2H3;1-2H3. The highest BCUT2D eigenvalue weighted by atomic mass is 32.2. The summed E-state index contributed by atoms with van der Waals surface area (Å²) in [5.41, 5.74) is 1.41. The van der Waals surface area contributed by atoms with Gasteiger partial charge in [-0.05, 0) is 30.4 Å². The van der Waals surface area contributed by atoms with Crippen LogP contribution in [0.4, 0.5) is 0 Å². The number of aryl methyl sites for hydroxylation is 1. The molecule has 0 saturated carbocycles. The minimum absolute atomic E-state index is 1.13. The third-order valence-electron chi connectivity index (χ3n) is 1.57. The SMILES string of the molecule is CC.CCc1ccc(SC)cc1. The fraction of sp³-hybridized carbons (Fsp3) is 0.455. The van der Waals surface area contributed by atoms with E-state index in [1.807, 2.05) is 13.8 Å². The van der Waals surface area contributed by atoms with Crippen molar-refractivity contribution in [2.75, 3.05) is 6.26 Å². The first-order valence-corrected chi connectivity index (χ1v) is 5.72. The molecule has 0 aliphatic heterocycles. The van der Waals surface area contributed by atoms with Crippen LogP contribution in [0.25, 0.3) is 0 Å². The second-order valence-electron chi connectivity index (χ2n) is 2.20. The molecule has 1 aromatic rings. The highest BCUT2D eigenvalue weighted by Gasteiger charge is 1.88. The van der Waals surface area contributed by atoms with Gasteiger partial charge in [-0.3, -0.25) is 0 Å². The van der Waals surface area contributed by atoms with Crippen molar-refractivity contribution in [3.05, 3.63) is 29.8 Å². The molecule has 0 heterocycles. The molecule has 0 aliphatic rings. The van der Waals surface area contributed by atoms with Gasteiger partial charge in [-0.2, -0.15) is 0 Å². The van der Waals surface area contributed by atoms with Crippen LogP contribution in [-0.4, -0.2) is 6.26 Å². The molecular formula is C11H18S. The lowest BCUT2D eigenvalue weighted by atomic mass is 10.2. The zero-order valence-corrected chi connectivity index (χ0v) is 9.24. The minimum Gasteiger partial charge on any atom is -0.130 e. The van der Waals surface area contributed by atoms with Crippen molar-refractivity contribution in [2.24, 2.45) is 0 Å². The fourth-order valence-corrected chi connectivity index (χ4v) is 1.27. The van der Waals surface area contributed by atoms with E-state index in [0.717, 1.165) is 6.42 Å². The van der Waals surface area contributed by atoms with Crippen LogP contribution in [0.1, 0.15) is 26.3 Å². The van der Waals surface area contributed by atoms with Gasteiger partial charge in [0, 0.05) is 4.90 Å². The number of rotatable bonds is 2. The summed E-state index contributed by atoms with van der Waals surface area (Å²) in [6.07, 6.45) is 3.23. The van der Waals surface area contributed by atoms with Gasteiger partial charge in [0.15, 0.2) is 0 Å². The van der Waals surface area contributed by atoms with Crippen molar-refractivity contribution >= 4 is 11.8 Å². The maximum absolute atomic E-state index is 2.19. The summed E-state index contributed by atoms with van der Waals surface area (Å²) >= 11 is 1.79. The molecule has 0 amide bonds. The highest BCUT2D eigenvalue weighted by Crippen LogP contribution is 2.14. The van der Waals surface area contributed by atoms with E-state index >= 15 is 0 Å². The van der Waals surface area contributed by atoms with Gasteiger partial charge < -0.3 is 0 Å². The predicted octanol–water partition coefficient (Wildman–Crippen LogP) is 4.00. The van der Waals surface area contributed by atoms with Crippen molar-refractivity contribution in [3.8, 4) is 0 Å². The van der Waals surface area contributed by atoms with E-state index < -0.39 is 0 Å². The van der Waals surface area contributed by atoms with Gasteiger partial charge in [-0.25, -0.2) is 0 Å². The number of benzene rings is 1. The van der Waals surface area contributed by atoms with Gasteiger partial charge in [0.05, 0.1) is 0 Å². The Bertz CT molecular complexity index is 166. The second kappa shape index (κ2) is 7.23. The molecular weight excluding hydrogens is 164 g/mol. The van der Waals surface area contributed by atoms with E-state index in [9.17, 15) is 0 Å². The Morgan fingerprint density at radius 2 is 1.58 bits per heavy atom. The summed E-state index contributed by atoms with van der Waals surface area (Å²) in [6, 6.07) is 8.71. The molecule has 0 bridgehead atoms. The van der Waals surface area contributed by atoms with Crippen LogP contribution in [0, 0.1) is 0 Å². The molecule has 0 saturated heterocycles. The van der Waals surface area contributed by atoms with Gasteiger partial charge in [-0.15, -0.1) is 11.8 Å². The first-order valence-electron chi connectivity index (χ1n) is 4.49. The maximum atomic E-state index is 2.19. The van der Waals surface area contributed by atoms with Crippen molar-refractivity contribution in [1.82, 2.24) is 0 Å². The first kappa shape index (κ1) is 11.6. The number of hydrogen-bond acceptors (Lipinski definition) is 1. The van der Waals surface area contributed by atoms with Crippen LogP contribution >= 0.6 is 11.8 Å². The zero-order chi connectivity index (χ0) is 9.40. The molecule has 0 nitrogen and oxygen atoms in total. The third kappa shape index (κ3) is 3.82. The Balaban J connectivity index is 0.000000561. The molecule has 0 radical (unpaired) electrons. The molecule has 0 fully saturated rings. The lowest BCUT2D eigenvalue weighted by Gasteiger charge is -1.97. The minimum atomic E-state index is 1.13. The summed E-state index contributed by atoms with van der Waals surface area (Å²) in [5.74, 6) is 0. The Morgan fingerprint density at radius 3 is 1.92 bits per heavy atom. The molecule has 0 unspecified atom stereocenters. The van der Waals surface area contributed by atoms with Gasteiger partial charge in [-0.1, -0.05) is 32.9 Å². The lowest BCUT2D eigenvalue weighted by Crippen LogP contribution is -1.77. The topological polar surface area (TPSA) is 0 Å². The average molecular weight is 182 g/mol. The Hall–Kier alpha value is -0.430. The van der Waals surface area contributed by atoms with Crippen LogP contribution in [0.2, 0.25) is 0 Å². The summed E-state index contributed by atoms with van der Waals surface area (Å²) in [6.45, 7) is 6.17. The molecule has 1 rings (SSSR count). The second-order valence-corrected chi connectivity index (χ2v) is 3.08. The van der Waals surface area contributed by atoms with Crippen LogP contribution in [0.3, 0.4) is 0 Å². The molecule has 1 heteroatoms. The molecule has 0 aliphatic carbocycles. The smallest absolute Gasteiger partial charge is 0.00693 e. The third-order valence-corrected chi connectivity index (χ3v) is 2.31. The van der Waals surface area contributed by atoms with E-state index in [-0.39, 0.29) is 0 Å². The Kier molecular flexibility index (Phi) is 6.97. The quantitative estimate of drug-likeness (QED) is 0.623. The zero-order valence-electron chi connectivity index (χ0n) is 8.42. The van der Waals surface area contributed by atoms with Gasteiger partial charge in [0.1, 0.15) is 0 Å². The molecule has 12 heavy (non-hydrogen) atoms. The van der Waals surface area contributed by atoms with Gasteiger partial charge in [0.2, 0.25) is 0 Å². The van der Waals surface area contributed by atoms with E-state index in [2.05, 4.69) is 37.4 Å². The average Bonchev–Trinajstić information content (AvgIpc) is 2.21. The van der Waals surface area contributed by atoms with Crippen molar-refractivity contribution < 1.29 is 0 Å². The summed E-state index contributed by atoms with van der Waals surface area (Å²) < 4.78 is 0. The van der Waals surface area contributed by atoms with Crippen LogP contribution in [-0.2, 0) is 6.42 Å². The predicted molar refractivity (Wildman–Crippen MR) is 58.9 cm³/mol. The Morgan fingerprint density at radius 1 is 1.08 bits per heavy atom. The lowest BCUT2D eigenvalue weighted by molar-refractivity contribution is 1.13. The first-order chi connectivity index (χ1) is 5.86. The van der Waals surface area contributed by atoms with Crippen molar-refractivity contribution in [3.63, 3.8) is 0 Å². The fourth-order valence-electron chi connectivity index (χ4n) is 0.861. The highest BCUT2D eigenvalue weighted by molar-refractivity contribution is 7.98. The molecule has 0 spiro atoms. The van der Waals surface area contributed by atoms with Crippen LogP contribution < -0.4 is 0 Å². The summed E-state index contributed by atoms with van der Waals surface area (Å²) in [5, 5.41) is 0. The Labute approximate surface area is 80.4 Å². The molecule has 68 valence electrons.